The van der Waals surface area contributed by atoms with Crippen LogP contribution in [-0.4, -0.2) is 16.1 Å². The van der Waals surface area contributed by atoms with Gasteiger partial charge < -0.3 is 5.32 Å². The van der Waals surface area contributed by atoms with Gasteiger partial charge in [0.1, 0.15) is 0 Å². The van der Waals surface area contributed by atoms with E-state index in [-0.39, 0.29) is 17.5 Å². The van der Waals surface area contributed by atoms with E-state index in [2.05, 4.69) is 15.5 Å². The van der Waals surface area contributed by atoms with E-state index in [9.17, 15) is 4.79 Å². The van der Waals surface area contributed by atoms with Crippen LogP contribution in [0.4, 0.5) is 5.69 Å². The Kier molecular flexibility index (Phi) is 4.57. The molecular weight excluding hydrogens is 297 g/mol. The average Bonchev–Trinajstić information content (AvgIpc) is 2.43. The molecule has 0 radical (unpaired) electrons. The van der Waals surface area contributed by atoms with Crippen molar-refractivity contribution >= 4 is 34.8 Å². The minimum atomic E-state index is -0.341. The van der Waals surface area contributed by atoms with Crippen molar-refractivity contribution in [2.75, 3.05) is 5.32 Å². The van der Waals surface area contributed by atoms with E-state index < -0.39 is 0 Å². The molecule has 0 aliphatic rings. The topological polar surface area (TPSA) is 54.9 Å². The Morgan fingerprint density at radius 2 is 1.85 bits per heavy atom. The van der Waals surface area contributed by atoms with Crippen molar-refractivity contribution in [3.8, 4) is 0 Å². The first kappa shape index (κ1) is 14.8. The van der Waals surface area contributed by atoms with E-state index in [4.69, 9.17) is 23.2 Å². The molecule has 0 aliphatic heterocycles. The molecule has 104 valence electrons. The van der Waals surface area contributed by atoms with Crippen molar-refractivity contribution < 1.29 is 4.79 Å². The van der Waals surface area contributed by atoms with Gasteiger partial charge in [-0.25, -0.2) is 0 Å². The van der Waals surface area contributed by atoms with E-state index in [0.717, 1.165) is 5.69 Å². The Balaban J connectivity index is 2.13. The van der Waals surface area contributed by atoms with Gasteiger partial charge in [-0.3, -0.25) is 4.79 Å². The summed E-state index contributed by atoms with van der Waals surface area (Å²) in [6.45, 7) is 4.03. The van der Waals surface area contributed by atoms with Crippen LogP contribution in [0.2, 0.25) is 10.0 Å². The van der Waals surface area contributed by atoms with Gasteiger partial charge in [-0.15, -0.1) is 5.10 Å². The van der Waals surface area contributed by atoms with Gasteiger partial charge in [0, 0.05) is 5.69 Å². The summed E-state index contributed by atoms with van der Waals surface area (Å²) in [4.78, 5) is 12.0. The largest absolute Gasteiger partial charge is 0.321 e. The maximum Gasteiger partial charge on any atom is 0.276 e. The van der Waals surface area contributed by atoms with E-state index in [0.29, 0.717) is 15.7 Å². The molecule has 1 aromatic heterocycles. The number of benzene rings is 1. The molecule has 4 nitrogen and oxygen atoms in total. The van der Waals surface area contributed by atoms with E-state index in [1.54, 1.807) is 30.3 Å². The van der Waals surface area contributed by atoms with Gasteiger partial charge in [0.15, 0.2) is 5.69 Å². The predicted molar refractivity (Wildman–Crippen MR) is 80.5 cm³/mol. The standard InChI is InChI=1S/C14H13Cl2N3O/c1-8(2)12-5-6-13(19-18-12)14(20)17-9-3-4-10(15)11(16)7-9/h3-8H,1-2H3,(H,17,20). The van der Waals surface area contributed by atoms with Crippen molar-refractivity contribution in [1.82, 2.24) is 10.2 Å². The van der Waals surface area contributed by atoms with Gasteiger partial charge in [0.2, 0.25) is 0 Å². The lowest BCUT2D eigenvalue weighted by atomic mass is 10.1. The fourth-order valence-corrected chi connectivity index (χ4v) is 1.84. The highest BCUT2D eigenvalue weighted by molar-refractivity contribution is 6.42. The lowest BCUT2D eigenvalue weighted by molar-refractivity contribution is 0.102. The Morgan fingerprint density at radius 1 is 1.10 bits per heavy atom. The number of anilines is 1. The van der Waals surface area contributed by atoms with Crippen LogP contribution in [0, 0.1) is 0 Å². The monoisotopic (exact) mass is 309 g/mol. The number of nitrogens with zero attached hydrogens (tertiary/aromatic N) is 2. The number of halogens is 2. The summed E-state index contributed by atoms with van der Waals surface area (Å²) in [5.74, 6) is -0.0686. The maximum atomic E-state index is 12.0. The van der Waals surface area contributed by atoms with Crippen molar-refractivity contribution in [2.45, 2.75) is 19.8 Å². The van der Waals surface area contributed by atoms with Gasteiger partial charge >= 0.3 is 0 Å². The summed E-state index contributed by atoms with van der Waals surface area (Å²) in [6.07, 6.45) is 0. The molecule has 0 aliphatic carbocycles. The molecular formula is C14H13Cl2N3O. The summed E-state index contributed by atoms with van der Waals surface area (Å²) in [5, 5.41) is 11.4. The molecule has 0 atom stereocenters. The summed E-state index contributed by atoms with van der Waals surface area (Å²) >= 11 is 11.7. The first-order chi connectivity index (χ1) is 9.47. The third-order valence-corrected chi connectivity index (χ3v) is 3.43. The van der Waals surface area contributed by atoms with Crippen LogP contribution in [0.3, 0.4) is 0 Å². The first-order valence-corrected chi connectivity index (χ1v) is 6.83. The van der Waals surface area contributed by atoms with Gasteiger partial charge in [0.05, 0.1) is 15.7 Å². The normalized spacial score (nSPS) is 10.7. The van der Waals surface area contributed by atoms with E-state index in [1.807, 2.05) is 13.8 Å². The second kappa shape index (κ2) is 6.20. The van der Waals surface area contributed by atoms with Crippen molar-refractivity contribution in [1.29, 1.82) is 0 Å². The molecule has 0 saturated heterocycles. The molecule has 1 N–H and O–H groups in total. The van der Waals surface area contributed by atoms with Crippen LogP contribution in [0.25, 0.3) is 0 Å². The average molecular weight is 310 g/mol. The quantitative estimate of drug-likeness (QED) is 0.926. The van der Waals surface area contributed by atoms with Crippen LogP contribution in [-0.2, 0) is 0 Å². The molecule has 2 rings (SSSR count). The summed E-state index contributed by atoms with van der Waals surface area (Å²) in [5.41, 5.74) is 1.65. The van der Waals surface area contributed by atoms with Gasteiger partial charge in [-0.2, -0.15) is 5.10 Å². The third-order valence-electron chi connectivity index (χ3n) is 2.69. The van der Waals surface area contributed by atoms with Gasteiger partial charge in [0.25, 0.3) is 5.91 Å². The number of amides is 1. The van der Waals surface area contributed by atoms with Crippen molar-refractivity contribution in [3.05, 3.63) is 51.8 Å². The van der Waals surface area contributed by atoms with E-state index >= 15 is 0 Å². The Labute approximate surface area is 127 Å². The molecule has 1 heterocycles. The molecule has 1 amide bonds. The molecule has 0 fully saturated rings. The van der Waals surface area contributed by atoms with Crippen LogP contribution < -0.4 is 5.32 Å². The zero-order chi connectivity index (χ0) is 14.7. The van der Waals surface area contributed by atoms with Gasteiger partial charge in [-0.05, 0) is 36.2 Å². The van der Waals surface area contributed by atoms with Crippen molar-refractivity contribution in [3.63, 3.8) is 0 Å². The predicted octanol–water partition coefficient (Wildman–Crippen LogP) is 4.16. The molecule has 6 heteroatoms. The molecule has 20 heavy (non-hydrogen) atoms. The fraction of sp³-hybridized carbons (Fsp3) is 0.214. The Morgan fingerprint density at radius 3 is 2.40 bits per heavy atom. The number of hydrogen-bond acceptors (Lipinski definition) is 3. The maximum absolute atomic E-state index is 12.0. The molecule has 2 aromatic rings. The molecule has 1 aromatic carbocycles. The highest BCUT2D eigenvalue weighted by Gasteiger charge is 2.10. The molecule has 0 bridgehead atoms. The number of nitrogens with one attached hydrogen (secondary N) is 1. The number of aromatic nitrogens is 2. The van der Waals surface area contributed by atoms with Crippen LogP contribution in [0.15, 0.2) is 30.3 Å². The first-order valence-electron chi connectivity index (χ1n) is 6.07. The number of carbonyl (C=O) groups is 1. The second-order valence-electron chi connectivity index (χ2n) is 4.58. The summed E-state index contributed by atoms with van der Waals surface area (Å²) in [6, 6.07) is 8.31. The van der Waals surface area contributed by atoms with E-state index in [1.165, 1.54) is 0 Å². The van der Waals surface area contributed by atoms with Crippen LogP contribution in [0.1, 0.15) is 35.9 Å². The van der Waals surface area contributed by atoms with Crippen LogP contribution in [0.5, 0.6) is 0 Å². The van der Waals surface area contributed by atoms with Crippen LogP contribution >= 0.6 is 23.2 Å². The highest BCUT2D eigenvalue weighted by Crippen LogP contribution is 2.25. The molecule has 0 unspecified atom stereocenters. The van der Waals surface area contributed by atoms with Gasteiger partial charge in [-0.1, -0.05) is 37.0 Å². The SMILES string of the molecule is CC(C)c1ccc(C(=O)Nc2ccc(Cl)c(Cl)c2)nn1. The fourth-order valence-electron chi connectivity index (χ4n) is 1.54. The minimum absolute atomic E-state index is 0.250. The number of rotatable bonds is 3. The lowest BCUT2D eigenvalue weighted by Crippen LogP contribution is -2.14. The summed E-state index contributed by atoms with van der Waals surface area (Å²) < 4.78 is 0. The Hall–Kier alpha value is -1.65. The zero-order valence-electron chi connectivity index (χ0n) is 11.0. The third kappa shape index (κ3) is 3.46. The Bertz CT molecular complexity index is 627. The smallest absolute Gasteiger partial charge is 0.276 e. The minimum Gasteiger partial charge on any atom is -0.321 e. The zero-order valence-corrected chi connectivity index (χ0v) is 12.5. The highest BCUT2D eigenvalue weighted by atomic mass is 35.5. The number of hydrogen-bond donors (Lipinski definition) is 1. The molecule has 0 saturated carbocycles. The lowest BCUT2D eigenvalue weighted by Gasteiger charge is -2.07. The second-order valence-corrected chi connectivity index (χ2v) is 5.40. The molecule has 0 spiro atoms. The summed E-state index contributed by atoms with van der Waals surface area (Å²) in [7, 11) is 0. The van der Waals surface area contributed by atoms with Crippen molar-refractivity contribution in [2.24, 2.45) is 0 Å². The number of carbonyl (C=O) groups excluding carboxylic acids is 1.